The minimum absolute atomic E-state index is 0.0897. The zero-order valence-electron chi connectivity index (χ0n) is 15.6. The maximum Gasteiger partial charge on any atom is 0.237 e. The third-order valence-electron chi connectivity index (χ3n) is 4.85. The van der Waals surface area contributed by atoms with Gasteiger partial charge in [-0.15, -0.1) is 5.10 Å². The standard InChI is InChI=1S/C18H22N6O3S/c1-12-9-16(25)19-14-6-2-3-7-15(14)24(12)17(26)11-28-18-20-21-22-23(18)10-13-5-4-8-27-13/h2-3,6-7,12-13H,4-5,8-11H2,1H3,(H,19,25). The molecule has 1 saturated heterocycles. The van der Waals surface area contributed by atoms with Crippen molar-refractivity contribution < 1.29 is 14.3 Å². The second-order valence-corrected chi connectivity index (χ2v) is 7.89. The van der Waals surface area contributed by atoms with E-state index in [2.05, 4.69) is 20.8 Å². The van der Waals surface area contributed by atoms with Gasteiger partial charge in [0.25, 0.3) is 0 Å². The molecule has 0 bridgehead atoms. The molecule has 2 unspecified atom stereocenters. The number of amides is 2. The molecule has 2 aliphatic rings. The van der Waals surface area contributed by atoms with Crippen molar-refractivity contribution in [2.45, 2.75) is 50.0 Å². The van der Waals surface area contributed by atoms with Gasteiger partial charge in [-0.2, -0.15) is 0 Å². The topological polar surface area (TPSA) is 102 Å². The summed E-state index contributed by atoms with van der Waals surface area (Å²) in [5.41, 5.74) is 1.36. The van der Waals surface area contributed by atoms with E-state index >= 15 is 0 Å². The Morgan fingerprint density at radius 1 is 1.39 bits per heavy atom. The van der Waals surface area contributed by atoms with Gasteiger partial charge in [0, 0.05) is 19.1 Å². The van der Waals surface area contributed by atoms with Crippen LogP contribution in [-0.4, -0.2) is 56.5 Å². The van der Waals surface area contributed by atoms with Crippen LogP contribution in [0.5, 0.6) is 0 Å². The van der Waals surface area contributed by atoms with Gasteiger partial charge in [0.1, 0.15) is 0 Å². The Kier molecular flexibility index (Phi) is 5.58. The lowest BCUT2D eigenvalue weighted by atomic mass is 10.2. The number of tetrazole rings is 1. The lowest BCUT2D eigenvalue weighted by Crippen LogP contribution is -2.40. The fourth-order valence-electron chi connectivity index (χ4n) is 3.56. The first kappa shape index (κ1) is 18.9. The van der Waals surface area contributed by atoms with E-state index in [-0.39, 0.29) is 36.1 Å². The van der Waals surface area contributed by atoms with E-state index in [9.17, 15) is 9.59 Å². The van der Waals surface area contributed by atoms with Gasteiger partial charge >= 0.3 is 0 Å². The number of hydrogen-bond acceptors (Lipinski definition) is 7. The molecule has 1 aromatic carbocycles. The largest absolute Gasteiger partial charge is 0.376 e. The molecule has 9 nitrogen and oxygen atoms in total. The first-order chi connectivity index (χ1) is 13.6. The Labute approximate surface area is 166 Å². The van der Waals surface area contributed by atoms with E-state index in [1.807, 2.05) is 25.1 Å². The van der Waals surface area contributed by atoms with Crippen molar-refractivity contribution in [1.82, 2.24) is 20.2 Å². The number of carbonyl (C=O) groups is 2. The van der Waals surface area contributed by atoms with Crippen molar-refractivity contribution in [1.29, 1.82) is 0 Å². The molecule has 1 aromatic heterocycles. The van der Waals surface area contributed by atoms with Crippen molar-refractivity contribution in [3.05, 3.63) is 24.3 Å². The van der Waals surface area contributed by atoms with E-state index < -0.39 is 0 Å². The van der Waals surface area contributed by atoms with Gasteiger partial charge < -0.3 is 15.0 Å². The van der Waals surface area contributed by atoms with E-state index in [1.165, 1.54) is 11.8 Å². The lowest BCUT2D eigenvalue weighted by molar-refractivity contribution is -0.117. The summed E-state index contributed by atoms with van der Waals surface area (Å²) in [4.78, 5) is 26.8. The van der Waals surface area contributed by atoms with Gasteiger partial charge in [0.15, 0.2) is 0 Å². The van der Waals surface area contributed by atoms with E-state index in [1.54, 1.807) is 15.6 Å². The fraction of sp³-hybridized carbons (Fsp3) is 0.500. The molecular weight excluding hydrogens is 380 g/mol. The van der Waals surface area contributed by atoms with Crippen LogP contribution >= 0.6 is 11.8 Å². The number of rotatable bonds is 5. The molecule has 0 aliphatic carbocycles. The van der Waals surface area contributed by atoms with Crippen LogP contribution < -0.4 is 10.2 Å². The average molecular weight is 402 g/mol. The molecule has 1 N–H and O–H groups in total. The number of nitrogens with zero attached hydrogens (tertiary/aromatic N) is 5. The van der Waals surface area contributed by atoms with E-state index in [4.69, 9.17) is 4.74 Å². The van der Waals surface area contributed by atoms with Crippen molar-refractivity contribution in [3.63, 3.8) is 0 Å². The first-order valence-electron chi connectivity index (χ1n) is 9.33. The Hall–Kier alpha value is -2.46. The molecule has 10 heteroatoms. The smallest absolute Gasteiger partial charge is 0.237 e. The predicted molar refractivity (Wildman–Crippen MR) is 104 cm³/mol. The minimum atomic E-state index is -0.236. The van der Waals surface area contributed by atoms with Crippen LogP contribution in [-0.2, 0) is 20.9 Å². The number of nitrogens with one attached hydrogen (secondary N) is 1. The molecular formula is C18H22N6O3S. The number of anilines is 2. The second-order valence-electron chi connectivity index (χ2n) is 6.95. The van der Waals surface area contributed by atoms with Crippen molar-refractivity contribution in [2.75, 3.05) is 22.6 Å². The summed E-state index contributed by atoms with van der Waals surface area (Å²) in [6.45, 7) is 3.24. The summed E-state index contributed by atoms with van der Waals surface area (Å²) in [7, 11) is 0. The fourth-order valence-corrected chi connectivity index (χ4v) is 4.31. The quantitative estimate of drug-likeness (QED) is 0.760. The van der Waals surface area contributed by atoms with Crippen LogP contribution in [0.3, 0.4) is 0 Å². The van der Waals surface area contributed by atoms with Gasteiger partial charge in [0.2, 0.25) is 17.0 Å². The second kappa shape index (κ2) is 8.27. The maximum absolute atomic E-state index is 13.0. The highest BCUT2D eigenvalue weighted by Crippen LogP contribution is 2.32. The molecule has 4 rings (SSSR count). The summed E-state index contributed by atoms with van der Waals surface area (Å²) in [5, 5.41) is 15.3. The lowest BCUT2D eigenvalue weighted by Gasteiger charge is -2.27. The zero-order valence-corrected chi connectivity index (χ0v) is 16.4. The van der Waals surface area contributed by atoms with Crippen molar-refractivity contribution >= 4 is 35.0 Å². The SMILES string of the molecule is CC1CC(=O)Nc2ccccc2N1C(=O)CSc1nnnn1CC1CCCO1. The predicted octanol–water partition coefficient (Wildman–Crippen LogP) is 1.71. The van der Waals surface area contributed by atoms with Crippen LogP contribution in [0.2, 0.25) is 0 Å². The third kappa shape index (κ3) is 4.02. The Balaban J connectivity index is 1.46. The highest BCUT2D eigenvalue weighted by atomic mass is 32.2. The van der Waals surface area contributed by atoms with Gasteiger partial charge in [-0.3, -0.25) is 9.59 Å². The molecule has 148 valence electrons. The molecule has 0 spiro atoms. The summed E-state index contributed by atoms with van der Waals surface area (Å²) in [6.07, 6.45) is 2.41. The van der Waals surface area contributed by atoms with Gasteiger partial charge in [-0.25, -0.2) is 4.68 Å². The van der Waals surface area contributed by atoms with Crippen LogP contribution in [0.25, 0.3) is 0 Å². The monoisotopic (exact) mass is 402 g/mol. The van der Waals surface area contributed by atoms with Gasteiger partial charge in [-0.1, -0.05) is 23.9 Å². The molecule has 2 aromatic rings. The highest BCUT2D eigenvalue weighted by Gasteiger charge is 2.30. The molecule has 28 heavy (non-hydrogen) atoms. The molecule has 1 fully saturated rings. The summed E-state index contributed by atoms with van der Waals surface area (Å²) >= 11 is 1.30. The number of thioether (sulfide) groups is 1. The van der Waals surface area contributed by atoms with Crippen molar-refractivity contribution in [3.8, 4) is 0 Å². The maximum atomic E-state index is 13.0. The first-order valence-corrected chi connectivity index (χ1v) is 10.3. The Bertz CT molecular complexity index is 867. The Morgan fingerprint density at radius 2 is 2.25 bits per heavy atom. The van der Waals surface area contributed by atoms with Gasteiger partial charge in [0.05, 0.1) is 29.8 Å². The molecule has 2 amide bonds. The van der Waals surface area contributed by atoms with Crippen LogP contribution in [0.4, 0.5) is 11.4 Å². The van der Waals surface area contributed by atoms with Crippen LogP contribution in [0.15, 0.2) is 29.4 Å². The summed E-state index contributed by atoms with van der Waals surface area (Å²) in [5.74, 6) is -0.00444. The van der Waals surface area contributed by atoms with Crippen molar-refractivity contribution in [2.24, 2.45) is 0 Å². The van der Waals surface area contributed by atoms with E-state index in [0.717, 1.165) is 19.4 Å². The number of hydrogen-bond donors (Lipinski definition) is 1. The number of ether oxygens (including phenoxy) is 1. The number of carbonyl (C=O) groups excluding carboxylic acids is 2. The van der Waals surface area contributed by atoms with Crippen LogP contribution in [0, 0.1) is 0 Å². The molecule has 0 radical (unpaired) electrons. The van der Waals surface area contributed by atoms with Crippen LogP contribution in [0.1, 0.15) is 26.2 Å². The number of fused-ring (bicyclic) bond motifs is 1. The average Bonchev–Trinajstić information content (AvgIpc) is 3.31. The van der Waals surface area contributed by atoms with Gasteiger partial charge in [-0.05, 0) is 42.3 Å². The summed E-state index contributed by atoms with van der Waals surface area (Å²) < 4.78 is 7.33. The highest BCUT2D eigenvalue weighted by molar-refractivity contribution is 7.99. The number of para-hydroxylation sites is 2. The zero-order chi connectivity index (χ0) is 19.5. The molecule has 3 heterocycles. The molecule has 2 atom stereocenters. The number of benzene rings is 1. The number of aromatic nitrogens is 4. The Morgan fingerprint density at radius 3 is 3.07 bits per heavy atom. The molecule has 0 saturated carbocycles. The third-order valence-corrected chi connectivity index (χ3v) is 5.79. The minimum Gasteiger partial charge on any atom is -0.376 e. The normalized spacial score (nSPS) is 21.9. The van der Waals surface area contributed by atoms with E-state index in [0.29, 0.717) is 23.1 Å². The molecule has 2 aliphatic heterocycles. The summed E-state index contributed by atoms with van der Waals surface area (Å²) in [6, 6.07) is 7.12.